The van der Waals surface area contributed by atoms with Crippen LogP contribution in [0.5, 0.6) is 0 Å². The molecule has 0 radical (unpaired) electrons. The second kappa shape index (κ2) is 8.60. The Morgan fingerprint density at radius 2 is 2.12 bits per heavy atom. The predicted octanol–water partition coefficient (Wildman–Crippen LogP) is 3.60. The molecule has 3 aromatic rings. The molecule has 1 aromatic carbocycles. The van der Waals surface area contributed by atoms with Gasteiger partial charge in [0.05, 0.1) is 6.10 Å². The number of nitrogens with one attached hydrogen (secondary N) is 2. The summed E-state index contributed by atoms with van der Waals surface area (Å²) in [5.74, 6) is 0. The monoisotopic (exact) mass is 359 g/mol. The molecule has 2 atom stereocenters. The van der Waals surface area contributed by atoms with E-state index in [1.165, 1.54) is 10.3 Å². The van der Waals surface area contributed by atoms with E-state index in [9.17, 15) is 5.11 Å². The fraction of sp³-hybridized carbons (Fsp3) is 0.278. The summed E-state index contributed by atoms with van der Waals surface area (Å²) in [5, 5.41) is 19.7. The summed E-state index contributed by atoms with van der Waals surface area (Å²) in [5.41, 5.74) is 0.980. The normalized spacial score (nSPS) is 13.9. The number of aliphatic hydroxyl groups is 1. The summed E-state index contributed by atoms with van der Waals surface area (Å²) in [6.07, 6.45) is 3.25. The van der Waals surface area contributed by atoms with Crippen LogP contribution in [-0.2, 0) is 0 Å². The highest BCUT2D eigenvalue weighted by molar-refractivity contribution is 7.97. The molecule has 0 unspecified atom stereocenters. The molecule has 0 amide bonds. The molecular weight excluding hydrogens is 338 g/mol. The predicted molar refractivity (Wildman–Crippen MR) is 102 cm³/mol. The first-order valence-corrected chi connectivity index (χ1v) is 9.65. The van der Waals surface area contributed by atoms with Crippen molar-refractivity contribution in [3.05, 3.63) is 59.0 Å². The van der Waals surface area contributed by atoms with Gasteiger partial charge in [-0.25, -0.2) is 0 Å². The average molecular weight is 360 g/mol. The van der Waals surface area contributed by atoms with Gasteiger partial charge in [0.25, 0.3) is 0 Å². The van der Waals surface area contributed by atoms with E-state index in [4.69, 9.17) is 0 Å². The van der Waals surface area contributed by atoms with E-state index in [0.717, 1.165) is 17.5 Å². The van der Waals surface area contributed by atoms with E-state index in [1.54, 1.807) is 23.3 Å². The number of thiophene rings is 1. The molecule has 0 spiro atoms. The van der Waals surface area contributed by atoms with E-state index in [-0.39, 0.29) is 6.04 Å². The summed E-state index contributed by atoms with van der Waals surface area (Å²) in [7, 11) is 0. The van der Waals surface area contributed by atoms with Gasteiger partial charge >= 0.3 is 0 Å². The molecule has 2 aromatic heterocycles. The number of benzene rings is 1. The maximum atomic E-state index is 10.0. The van der Waals surface area contributed by atoms with Gasteiger partial charge in [0, 0.05) is 41.8 Å². The van der Waals surface area contributed by atoms with Gasteiger partial charge < -0.3 is 10.4 Å². The Kier molecular flexibility index (Phi) is 6.23. The van der Waals surface area contributed by atoms with Gasteiger partial charge in [0.15, 0.2) is 0 Å². The molecule has 24 heavy (non-hydrogen) atoms. The lowest BCUT2D eigenvalue weighted by molar-refractivity contribution is 0.174. The molecule has 4 nitrogen and oxygen atoms in total. The second-order valence-corrected chi connectivity index (χ2v) is 7.43. The summed E-state index contributed by atoms with van der Waals surface area (Å²) < 4.78 is 3.43. The average Bonchev–Trinajstić information content (AvgIpc) is 3.14. The number of pyridine rings is 1. The molecular formula is C18H21N3OS2. The smallest absolute Gasteiger partial charge is 0.0922 e. The zero-order chi connectivity index (χ0) is 16.8. The van der Waals surface area contributed by atoms with Gasteiger partial charge in [0.1, 0.15) is 0 Å². The van der Waals surface area contributed by atoms with Crippen molar-refractivity contribution in [1.29, 1.82) is 0 Å². The highest BCUT2D eigenvalue weighted by atomic mass is 32.2. The van der Waals surface area contributed by atoms with Gasteiger partial charge in [-0.15, -0.1) is 0 Å². The third kappa shape index (κ3) is 4.78. The minimum atomic E-state index is -0.440. The van der Waals surface area contributed by atoms with Crippen LogP contribution in [0.3, 0.4) is 0 Å². The van der Waals surface area contributed by atoms with Crippen molar-refractivity contribution in [3.8, 4) is 0 Å². The van der Waals surface area contributed by atoms with E-state index in [0.29, 0.717) is 6.54 Å². The van der Waals surface area contributed by atoms with Crippen LogP contribution >= 0.6 is 23.3 Å². The minimum absolute atomic E-state index is 0.290. The van der Waals surface area contributed by atoms with Gasteiger partial charge in [-0.1, -0.05) is 6.07 Å². The number of aromatic nitrogens is 1. The van der Waals surface area contributed by atoms with Crippen molar-refractivity contribution in [2.75, 3.05) is 13.1 Å². The van der Waals surface area contributed by atoms with Crippen LogP contribution in [0.25, 0.3) is 10.8 Å². The molecule has 0 saturated carbocycles. The van der Waals surface area contributed by atoms with Crippen molar-refractivity contribution in [2.45, 2.75) is 24.0 Å². The molecule has 0 bridgehead atoms. The molecule has 3 N–H and O–H groups in total. The van der Waals surface area contributed by atoms with Crippen LogP contribution in [0.4, 0.5) is 0 Å². The van der Waals surface area contributed by atoms with Crippen LogP contribution in [0.15, 0.2) is 58.4 Å². The number of nitrogens with zero attached hydrogens (tertiary/aromatic N) is 1. The lowest BCUT2D eigenvalue weighted by Crippen LogP contribution is -2.34. The van der Waals surface area contributed by atoms with Crippen LogP contribution < -0.4 is 10.0 Å². The highest BCUT2D eigenvalue weighted by Gasteiger charge is 2.08. The first kappa shape index (κ1) is 17.4. The van der Waals surface area contributed by atoms with Crippen molar-refractivity contribution in [1.82, 2.24) is 15.0 Å². The van der Waals surface area contributed by atoms with Crippen LogP contribution in [0.1, 0.15) is 18.6 Å². The lowest BCUT2D eigenvalue weighted by atomic mass is 10.2. The van der Waals surface area contributed by atoms with E-state index < -0.39 is 6.10 Å². The Morgan fingerprint density at radius 3 is 2.96 bits per heavy atom. The zero-order valence-electron chi connectivity index (χ0n) is 13.5. The standard InChI is InChI=1S/C18H21N3OS2/c1-13(9-20-11-18(22)16-5-7-23-12-16)21-24-17-3-2-15-10-19-6-4-14(15)8-17/h2-8,10,12-13,18,20-22H,9,11H2,1H3/t13-,18+/m1/s1. The maximum Gasteiger partial charge on any atom is 0.0922 e. The van der Waals surface area contributed by atoms with Crippen molar-refractivity contribution < 1.29 is 5.11 Å². The molecule has 0 fully saturated rings. The van der Waals surface area contributed by atoms with E-state index in [1.807, 2.05) is 35.3 Å². The first-order valence-electron chi connectivity index (χ1n) is 7.89. The largest absolute Gasteiger partial charge is 0.387 e. The Morgan fingerprint density at radius 1 is 1.21 bits per heavy atom. The maximum absolute atomic E-state index is 10.0. The minimum Gasteiger partial charge on any atom is -0.387 e. The first-order chi connectivity index (χ1) is 11.7. The Hall–Kier alpha value is -1.44. The summed E-state index contributed by atoms with van der Waals surface area (Å²) >= 11 is 3.24. The molecule has 0 saturated heterocycles. The van der Waals surface area contributed by atoms with Gasteiger partial charge in [0.2, 0.25) is 0 Å². The van der Waals surface area contributed by atoms with Crippen LogP contribution in [0, 0.1) is 0 Å². The van der Waals surface area contributed by atoms with Gasteiger partial charge in [-0.3, -0.25) is 9.71 Å². The Bertz CT molecular complexity index is 764. The second-order valence-electron chi connectivity index (χ2n) is 5.74. The molecule has 126 valence electrons. The fourth-order valence-corrected chi connectivity index (χ4v) is 3.80. The summed E-state index contributed by atoms with van der Waals surface area (Å²) in [6.45, 7) is 3.49. The highest BCUT2D eigenvalue weighted by Crippen LogP contribution is 2.21. The van der Waals surface area contributed by atoms with Gasteiger partial charge in [-0.2, -0.15) is 11.3 Å². The van der Waals surface area contributed by atoms with Crippen molar-refractivity contribution >= 4 is 34.1 Å². The third-order valence-corrected chi connectivity index (χ3v) is 5.42. The third-order valence-electron chi connectivity index (χ3n) is 3.71. The number of rotatable bonds is 8. The molecule has 3 rings (SSSR count). The molecule has 2 heterocycles. The topological polar surface area (TPSA) is 57.2 Å². The van der Waals surface area contributed by atoms with Crippen molar-refractivity contribution in [2.24, 2.45) is 0 Å². The summed E-state index contributed by atoms with van der Waals surface area (Å²) in [4.78, 5) is 5.31. The van der Waals surface area contributed by atoms with Crippen LogP contribution in [-0.4, -0.2) is 29.2 Å². The number of hydrogen-bond donors (Lipinski definition) is 3. The lowest BCUT2D eigenvalue weighted by Gasteiger charge is -2.16. The SMILES string of the molecule is C[C@H](CNC[C@H](O)c1ccsc1)NSc1ccc2cnccc2c1. The van der Waals surface area contributed by atoms with Crippen LogP contribution in [0.2, 0.25) is 0 Å². The molecule has 6 heteroatoms. The molecule has 0 aliphatic heterocycles. The fourth-order valence-electron chi connectivity index (χ4n) is 2.35. The number of hydrogen-bond acceptors (Lipinski definition) is 6. The number of fused-ring (bicyclic) bond motifs is 1. The number of aliphatic hydroxyl groups excluding tert-OH is 1. The van der Waals surface area contributed by atoms with E-state index in [2.05, 4.69) is 40.1 Å². The quantitative estimate of drug-likeness (QED) is 0.537. The van der Waals surface area contributed by atoms with Gasteiger partial charge in [-0.05, 0) is 64.8 Å². The van der Waals surface area contributed by atoms with E-state index >= 15 is 0 Å². The zero-order valence-corrected chi connectivity index (χ0v) is 15.1. The van der Waals surface area contributed by atoms with Crippen molar-refractivity contribution in [3.63, 3.8) is 0 Å². The summed E-state index contributed by atoms with van der Waals surface area (Å²) in [6, 6.07) is 10.6. The molecule has 0 aliphatic carbocycles. The Labute approximate surface area is 150 Å². The molecule has 0 aliphatic rings. The Balaban J connectivity index is 1.42.